The maximum atomic E-state index is 13.7. The molecule has 0 heterocycles. The Labute approximate surface area is 130 Å². The third-order valence-corrected chi connectivity index (χ3v) is 4.34. The van der Waals surface area contributed by atoms with Crippen LogP contribution in [-0.4, -0.2) is 5.91 Å². The van der Waals surface area contributed by atoms with Crippen molar-refractivity contribution in [1.82, 2.24) is 5.32 Å². The molecule has 1 aliphatic carbocycles. The van der Waals surface area contributed by atoms with Gasteiger partial charge in [0.25, 0.3) is 5.91 Å². The summed E-state index contributed by atoms with van der Waals surface area (Å²) >= 11 is 0. The maximum absolute atomic E-state index is 13.7. The van der Waals surface area contributed by atoms with Gasteiger partial charge in [-0.2, -0.15) is 0 Å². The standard InChI is InChI=1S/C19H20FNO/c1-13(21-19(22)17-8-4-5-9-18(17)20)15-11-10-14-6-2-3-7-16(14)12-15/h4-5,8-13H,2-3,6-7H2,1H3,(H,21,22). The molecule has 0 saturated heterocycles. The molecule has 0 bridgehead atoms. The number of aryl methyl sites for hydroxylation is 2. The normalized spacial score (nSPS) is 15.0. The summed E-state index contributed by atoms with van der Waals surface area (Å²) < 4.78 is 13.7. The highest BCUT2D eigenvalue weighted by atomic mass is 19.1. The van der Waals surface area contributed by atoms with Crippen molar-refractivity contribution in [2.45, 2.75) is 38.6 Å². The summed E-state index contributed by atoms with van der Waals surface area (Å²) in [6.07, 6.45) is 4.74. The van der Waals surface area contributed by atoms with Gasteiger partial charge in [-0.25, -0.2) is 4.39 Å². The lowest BCUT2D eigenvalue weighted by Gasteiger charge is -2.20. The predicted octanol–water partition coefficient (Wildman–Crippen LogP) is 4.20. The summed E-state index contributed by atoms with van der Waals surface area (Å²) in [6.45, 7) is 1.93. The van der Waals surface area contributed by atoms with Crippen molar-refractivity contribution in [1.29, 1.82) is 0 Å². The van der Waals surface area contributed by atoms with Gasteiger partial charge in [-0.1, -0.05) is 30.3 Å². The smallest absolute Gasteiger partial charge is 0.254 e. The predicted molar refractivity (Wildman–Crippen MR) is 85.4 cm³/mol. The van der Waals surface area contributed by atoms with Crippen molar-refractivity contribution in [3.8, 4) is 0 Å². The second-order valence-corrected chi connectivity index (χ2v) is 5.91. The summed E-state index contributed by atoms with van der Waals surface area (Å²) in [4.78, 5) is 12.2. The molecule has 0 aliphatic heterocycles. The number of hydrogen-bond acceptors (Lipinski definition) is 1. The molecule has 1 aliphatic rings. The zero-order valence-corrected chi connectivity index (χ0v) is 12.7. The van der Waals surface area contributed by atoms with E-state index in [1.165, 1.54) is 36.1 Å². The Morgan fingerprint density at radius 3 is 2.59 bits per heavy atom. The van der Waals surface area contributed by atoms with Gasteiger partial charge < -0.3 is 5.32 Å². The topological polar surface area (TPSA) is 29.1 Å². The highest BCUT2D eigenvalue weighted by molar-refractivity contribution is 5.94. The lowest BCUT2D eigenvalue weighted by atomic mass is 9.89. The largest absolute Gasteiger partial charge is 0.345 e. The van der Waals surface area contributed by atoms with Crippen molar-refractivity contribution in [2.75, 3.05) is 0 Å². The Morgan fingerprint density at radius 2 is 1.82 bits per heavy atom. The highest BCUT2D eigenvalue weighted by Gasteiger charge is 2.16. The quantitative estimate of drug-likeness (QED) is 0.904. The summed E-state index contributed by atoms with van der Waals surface area (Å²) in [5, 5.41) is 2.88. The number of halogens is 1. The lowest BCUT2D eigenvalue weighted by molar-refractivity contribution is 0.0936. The number of hydrogen-bond donors (Lipinski definition) is 1. The molecule has 2 nitrogen and oxygen atoms in total. The molecule has 1 N–H and O–H groups in total. The van der Waals surface area contributed by atoms with Crippen molar-refractivity contribution in [2.24, 2.45) is 0 Å². The first-order valence-corrected chi connectivity index (χ1v) is 7.82. The molecule has 0 saturated carbocycles. The Morgan fingerprint density at radius 1 is 1.09 bits per heavy atom. The van der Waals surface area contributed by atoms with Crippen LogP contribution in [0.5, 0.6) is 0 Å². The van der Waals surface area contributed by atoms with E-state index in [4.69, 9.17) is 0 Å². The fourth-order valence-electron chi connectivity index (χ4n) is 3.03. The van der Waals surface area contributed by atoms with Gasteiger partial charge >= 0.3 is 0 Å². The second-order valence-electron chi connectivity index (χ2n) is 5.91. The average molecular weight is 297 g/mol. The Bertz CT molecular complexity index is 696. The number of fused-ring (bicyclic) bond motifs is 1. The van der Waals surface area contributed by atoms with Gasteiger partial charge in [0.15, 0.2) is 0 Å². The first-order chi connectivity index (χ1) is 10.6. The number of amides is 1. The van der Waals surface area contributed by atoms with Crippen molar-refractivity contribution >= 4 is 5.91 Å². The fourth-order valence-corrected chi connectivity index (χ4v) is 3.03. The van der Waals surface area contributed by atoms with Gasteiger partial charge in [-0.15, -0.1) is 0 Å². The van der Waals surface area contributed by atoms with E-state index in [2.05, 4.69) is 23.5 Å². The zero-order chi connectivity index (χ0) is 15.5. The Balaban J connectivity index is 1.76. The molecule has 0 spiro atoms. The SMILES string of the molecule is CC(NC(=O)c1ccccc1F)c1ccc2c(c1)CCCC2. The first-order valence-electron chi connectivity index (χ1n) is 7.82. The fraction of sp³-hybridized carbons (Fsp3) is 0.316. The van der Waals surface area contributed by atoms with Gasteiger partial charge in [0.05, 0.1) is 11.6 Å². The third kappa shape index (κ3) is 3.03. The van der Waals surface area contributed by atoms with Gasteiger partial charge in [-0.05, 0) is 61.4 Å². The van der Waals surface area contributed by atoms with Crippen LogP contribution in [0.2, 0.25) is 0 Å². The van der Waals surface area contributed by atoms with E-state index in [9.17, 15) is 9.18 Å². The maximum Gasteiger partial charge on any atom is 0.254 e. The number of nitrogens with one attached hydrogen (secondary N) is 1. The molecule has 22 heavy (non-hydrogen) atoms. The zero-order valence-electron chi connectivity index (χ0n) is 12.7. The Hall–Kier alpha value is -2.16. The molecule has 3 rings (SSSR count). The molecule has 1 unspecified atom stereocenters. The second kappa shape index (κ2) is 6.30. The van der Waals surface area contributed by atoms with E-state index in [-0.39, 0.29) is 17.5 Å². The van der Waals surface area contributed by atoms with Crippen LogP contribution in [0.15, 0.2) is 42.5 Å². The van der Waals surface area contributed by atoms with Gasteiger partial charge in [0.1, 0.15) is 5.82 Å². The number of benzene rings is 2. The van der Waals surface area contributed by atoms with Crippen LogP contribution < -0.4 is 5.32 Å². The molecule has 3 heteroatoms. The van der Waals surface area contributed by atoms with E-state index in [0.717, 1.165) is 18.4 Å². The van der Waals surface area contributed by atoms with Crippen molar-refractivity contribution in [3.05, 3.63) is 70.5 Å². The van der Waals surface area contributed by atoms with E-state index >= 15 is 0 Å². The van der Waals surface area contributed by atoms with Gasteiger partial charge in [-0.3, -0.25) is 4.79 Å². The summed E-state index contributed by atoms with van der Waals surface area (Å²) in [5.41, 5.74) is 3.97. The van der Waals surface area contributed by atoms with Gasteiger partial charge in [0.2, 0.25) is 0 Å². The molecule has 2 aromatic rings. The van der Waals surface area contributed by atoms with Crippen LogP contribution in [0, 0.1) is 5.82 Å². The average Bonchev–Trinajstić information content (AvgIpc) is 2.54. The molecule has 1 amide bonds. The monoisotopic (exact) mass is 297 g/mol. The van der Waals surface area contributed by atoms with Crippen LogP contribution in [0.3, 0.4) is 0 Å². The van der Waals surface area contributed by atoms with Crippen LogP contribution in [0.4, 0.5) is 4.39 Å². The van der Waals surface area contributed by atoms with Crippen LogP contribution in [0.25, 0.3) is 0 Å². The summed E-state index contributed by atoms with van der Waals surface area (Å²) in [7, 11) is 0. The molecule has 114 valence electrons. The molecule has 1 atom stereocenters. The molecule has 2 aromatic carbocycles. The number of rotatable bonds is 3. The summed E-state index contributed by atoms with van der Waals surface area (Å²) in [6, 6.07) is 12.3. The van der Waals surface area contributed by atoms with Crippen LogP contribution >= 0.6 is 0 Å². The van der Waals surface area contributed by atoms with Crippen LogP contribution in [-0.2, 0) is 12.8 Å². The van der Waals surface area contributed by atoms with E-state index in [1.807, 2.05) is 6.92 Å². The minimum Gasteiger partial charge on any atom is -0.345 e. The lowest BCUT2D eigenvalue weighted by Crippen LogP contribution is -2.27. The molecular weight excluding hydrogens is 277 g/mol. The first kappa shape index (κ1) is 14.8. The highest BCUT2D eigenvalue weighted by Crippen LogP contribution is 2.25. The van der Waals surface area contributed by atoms with Crippen LogP contribution in [0.1, 0.15) is 52.9 Å². The third-order valence-electron chi connectivity index (χ3n) is 4.34. The molecule has 0 radical (unpaired) electrons. The van der Waals surface area contributed by atoms with E-state index < -0.39 is 5.82 Å². The molecule has 0 fully saturated rings. The van der Waals surface area contributed by atoms with E-state index in [1.54, 1.807) is 12.1 Å². The van der Waals surface area contributed by atoms with Crippen molar-refractivity contribution < 1.29 is 9.18 Å². The Kier molecular flexibility index (Phi) is 4.23. The number of carbonyl (C=O) groups is 1. The minimum absolute atomic E-state index is 0.0901. The minimum atomic E-state index is -0.488. The van der Waals surface area contributed by atoms with Crippen molar-refractivity contribution in [3.63, 3.8) is 0 Å². The molecular formula is C19H20FNO. The summed E-state index contributed by atoms with van der Waals surface area (Å²) in [5.74, 6) is -0.860. The van der Waals surface area contributed by atoms with Gasteiger partial charge in [0, 0.05) is 0 Å². The number of carbonyl (C=O) groups excluding carboxylic acids is 1. The van der Waals surface area contributed by atoms with E-state index in [0.29, 0.717) is 0 Å². The molecule has 0 aromatic heterocycles.